The second-order valence-corrected chi connectivity index (χ2v) is 7.50. The van der Waals surface area contributed by atoms with Gasteiger partial charge in [0.05, 0.1) is 22.7 Å². The number of amidine groups is 1. The van der Waals surface area contributed by atoms with E-state index in [2.05, 4.69) is 27.6 Å². The first-order valence-electron chi connectivity index (χ1n) is 10.6. The number of para-hydroxylation sites is 1. The van der Waals surface area contributed by atoms with Crippen LogP contribution in [0.3, 0.4) is 0 Å². The number of nitrogens with one attached hydrogen (secondary N) is 1. The molecule has 0 aliphatic heterocycles. The first-order chi connectivity index (χ1) is 15.7. The predicted octanol–water partition coefficient (Wildman–Crippen LogP) is 3.81. The number of rotatable bonds is 8. The molecule has 0 spiro atoms. The highest BCUT2D eigenvalue weighted by Crippen LogP contribution is 2.23. The van der Waals surface area contributed by atoms with Gasteiger partial charge in [-0.05, 0) is 35.4 Å². The number of benzene rings is 2. The molecular weight excluding hydrogens is 402 g/mol. The quantitative estimate of drug-likeness (QED) is 0.218. The second kappa shape index (κ2) is 10.5. The molecule has 4 rings (SSSR count). The Hall–Kier alpha value is -3.84. The Kier molecular flexibility index (Phi) is 6.99. The molecule has 0 fully saturated rings. The van der Waals surface area contributed by atoms with Gasteiger partial charge in [-0.2, -0.15) is 5.10 Å². The average Bonchev–Trinajstić information content (AvgIpc) is 2.86. The molecule has 7 nitrogen and oxygen atoms in total. The highest BCUT2D eigenvalue weighted by Gasteiger charge is 2.11. The second-order valence-electron chi connectivity index (χ2n) is 7.50. The van der Waals surface area contributed by atoms with Crippen LogP contribution in [-0.4, -0.2) is 10.8 Å². The summed E-state index contributed by atoms with van der Waals surface area (Å²) in [4.78, 5) is 4.66. The van der Waals surface area contributed by atoms with Gasteiger partial charge in [-0.3, -0.25) is 0 Å². The highest BCUT2D eigenvalue weighted by atomic mass is 16.5. The van der Waals surface area contributed by atoms with Crippen molar-refractivity contribution in [3.8, 4) is 0 Å². The summed E-state index contributed by atoms with van der Waals surface area (Å²) in [6.07, 6.45) is 6.06. The number of ether oxygens (including phenoxy) is 2. The van der Waals surface area contributed by atoms with Crippen LogP contribution >= 0.6 is 0 Å². The molecule has 0 unspecified atom stereocenters. The molecule has 3 aromatic rings. The molecule has 0 atom stereocenters. The number of hydrogen-bond acceptors (Lipinski definition) is 6. The summed E-state index contributed by atoms with van der Waals surface area (Å²) in [5, 5.41) is 4.79. The first-order valence-corrected chi connectivity index (χ1v) is 10.6. The number of nitrogens with zero attached hydrogens (tertiary/aromatic N) is 2. The van der Waals surface area contributed by atoms with Gasteiger partial charge in [0.15, 0.2) is 0 Å². The summed E-state index contributed by atoms with van der Waals surface area (Å²) in [6.45, 7) is 0.920. The standard InChI is InChI=1S/C25H27N5O2/c26-29-25(30-27)15-19-6-1-2-7-20(19)16-31-22-11-13-23(14-12-22)32-17-21-10-9-18-5-3-4-8-24(18)28-21/h1-11,13H,12,14-17,26-27H2,(H,29,30). The van der Waals surface area contributed by atoms with Crippen molar-refractivity contribution in [2.75, 3.05) is 0 Å². The minimum atomic E-state index is 0.453. The molecule has 0 saturated carbocycles. The summed E-state index contributed by atoms with van der Waals surface area (Å²) in [5.74, 6) is 13.2. The van der Waals surface area contributed by atoms with Gasteiger partial charge in [-0.1, -0.05) is 48.5 Å². The molecule has 5 N–H and O–H groups in total. The number of pyridine rings is 1. The minimum Gasteiger partial charge on any atom is -0.493 e. The molecule has 32 heavy (non-hydrogen) atoms. The minimum absolute atomic E-state index is 0.453. The fourth-order valence-corrected chi connectivity index (χ4v) is 3.55. The van der Waals surface area contributed by atoms with E-state index in [9.17, 15) is 0 Å². The summed E-state index contributed by atoms with van der Waals surface area (Å²) in [7, 11) is 0. The third kappa shape index (κ3) is 5.44. The van der Waals surface area contributed by atoms with E-state index in [1.807, 2.05) is 60.7 Å². The van der Waals surface area contributed by atoms with E-state index >= 15 is 0 Å². The van der Waals surface area contributed by atoms with Crippen LogP contribution in [0.1, 0.15) is 29.7 Å². The number of hydrazine groups is 1. The van der Waals surface area contributed by atoms with Crippen LogP contribution in [-0.2, 0) is 29.1 Å². The van der Waals surface area contributed by atoms with Gasteiger partial charge in [-0.25, -0.2) is 10.8 Å². The number of nitrogens with two attached hydrogens (primary N) is 2. The van der Waals surface area contributed by atoms with Crippen molar-refractivity contribution in [2.24, 2.45) is 16.8 Å². The number of aromatic nitrogens is 1. The van der Waals surface area contributed by atoms with Gasteiger partial charge >= 0.3 is 0 Å². The summed E-state index contributed by atoms with van der Waals surface area (Å²) >= 11 is 0. The van der Waals surface area contributed by atoms with Crippen molar-refractivity contribution < 1.29 is 9.47 Å². The lowest BCUT2D eigenvalue weighted by atomic mass is 10.0. The van der Waals surface area contributed by atoms with Gasteiger partial charge in [0.2, 0.25) is 0 Å². The Morgan fingerprint density at radius 3 is 2.28 bits per heavy atom. The predicted molar refractivity (Wildman–Crippen MR) is 126 cm³/mol. The van der Waals surface area contributed by atoms with Gasteiger partial charge < -0.3 is 20.7 Å². The average molecular weight is 430 g/mol. The van der Waals surface area contributed by atoms with Crippen molar-refractivity contribution in [3.05, 3.63) is 101 Å². The number of fused-ring (bicyclic) bond motifs is 1. The Morgan fingerprint density at radius 2 is 1.56 bits per heavy atom. The molecule has 1 aliphatic carbocycles. The normalized spacial score (nSPS) is 14.0. The van der Waals surface area contributed by atoms with E-state index in [4.69, 9.17) is 21.2 Å². The van der Waals surface area contributed by atoms with E-state index < -0.39 is 0 Å². The van der Waals surface area contributed by atoms with Crippen LogP contribution in [0.15, 0.2) is 89.4 Å². The zero-order valence-electron chi connectivity index (χ0n) is 17.8. The summed E-state index contributed by atoms with van der Waals surface area (Å²) in [6, 6.07) is 20.2. The van der Waals surface area contributed by atoms with Crippen LogP contribution < -0.4 is 17.1 Å². The molecular formula is C25H27N5O2. The Bertz CT molecular complexity index is 1170. The van der Waals surface area contributed by atoms with Crippen molar-refractivity contribution in [1.82, 2.24) is 10.4 Å². The zero-order valence-corrected chi connectivity index (χ0v) is 17.8. The van der Waals surface area contributed by atoms with Crippen LogP contribution in [0, 0.1) is 0 Å². The molecule has 0 amide bonds. The monoisotopic (exact) mass is 429 g/mol. The fourth-order valence-electron chi connectivity index (χ4n) is 3.55. The lowest BCUT2D eigenvalue weighted by Gasteiger charge is -2.18. The third-order valence-corrected chi connectivity index (χ3v) is 5.35. The van der Waals surface area contributed by atoms with E-state index in [-0.39, 0.29) is 0 Å². The molecule has 7 heteroatoms. The van der Waals surface area contributed by atoms with Crippen molar-refractivity contribution >= 4 is 16.7 Å². The van der Waals surface area contributed by atoms with Gasteiger partial charge in [0.1, 0.15) is 19.0 Å². The maximum Gasteiger partial charge on any atom is 0.140 e. The topological polar surface area (TPSA) is 108 Å². The SMILES string of the molecule is NN=C(Cc1ccccc1COC1=CC=C(OCc2ccc3ccccc3n2)CC1)NN. The molecule has 2 aromatic carbocycles. The molecule has 1 heterocycles. The van der Waals surface area contributed by atoms with Gasteiger partial charge in [0.25, 0.3) is 0 Å². The van der Waals surface area contributed by atoms with Gasteiger partial charge in [0, 0.05) is 24.6 Å². The Morgan fingerprint density at radius 1 is 0.875 bits per heavy atom. The maximum atomic E-state index is 6.04. The van der Waals surface area contributed by atoms with E-state index in [1.54, 1.807) is 0 Å². The Labute approximate surface area is 187 Å². The zero-order chi connectivity index (χ0) is 22.2. The molecule has 0 saturated heterocycles. The lowest BCUT2D eigenvalue weighted by Crippen LogP contribution is -2.33. The summed E-state index contributed by atoms with van der Waals surface area (Å²) < 4.78 is 12.0. The smallest absolute Gasteiger partial charge is 0.140 e. The molecule has 164 valence electrons. The number of hydrogen-bond donors (Lipinski definition) is 3. The summed E-state index contributed by atoms with van der Waals surface area (Å²) in [5.41, 5.74) is 6.55. The first kappa shape index (κ1) is 21.4. The van der Waals surface area contributed by atoms with Crippen LogP contribution in [0.5, 0.6) is 0 Å². The van der Waals surface area contributed by atoms with Gasteiger partial charge in [-0.15, -0.1) is 0 Å². The largest absolute Gasteiger partial charge is 0.493 e. The van der Waals surface area contributed by atoms with Crippen LogP contribution in [0.25, 0.3) is 10.9 Å². The molecule has 1 aromatic heterocycles. The Balaban J connectivity index is 1.32. The molecule has 0 radical (unpaired) electrons. The highest BCUT2D eigenvalue weighted by molar-refractivity contribution is 5.83. The van der Waals surface area contributed by atoms with Crippen LogP contribution in [0.4, 0.5) is 0 Å². The lowest BCUT2D eigenvalue weighted by molar-refractivity contribution is 0.161. The van der Waals surface area contributed by atoms with E-state index in [0.717, 1.165) is 52.1 Å². The van der Waals surface area contributed by atoms with E-state index in [1.165, 1.54) is 0 Å². The van der Waals surface area contributed by atoms with Crippen molar-refractivity contribution in [3.63, 3.8) is 0 Å². The number of allylic oxidation sites excluding steroid dienone is 4. The van der Waals surface area contributed by atoms with Crippen LogP contribution in [0.2, 0.25) is 0 Å². The van der Waals surface area contributed by atoms with Crippen molar-refractivity contribution in [1.29, 1.82) is 0 Å². The third-order valence-electron chi connectivity index (χ3n) is 5.35. The fraction of sp³-hybridized carbons (Fsp3) is 0.200. The molecule has 1 aliphatic rings. The number of hydrazone groups is 1. The van der Waals surface area contributed by atoms with Crippen molar-refractivity contribution in [2.45, 2.75) is 32.5 Å². The van der Waals surface area contributed by atoms with E-state index in [0.29, 0.717) is 25.5 Å². The molecule has 0 bridgehead atoms. The maximum absolute atomic E-state index is 6.04.